The smallest absolute Gasteiger partial charge is 0.416 e. The van der Waals surface area contributed by atoms with E-state index in [4.69, 9.17) is 9.47 Å². The van der Waals surface area contributed by atoms with Crippen LogP contribution in [0, 0.1) is 0 Å². The topological polar surface area (TPSA) is 59.1 Å². The summed E-state index contributed by atoms with van der Waals surface area (Å²) in [7, 11) is -1.67. The molecule has 0 saturated carbocycles. The minimum atomic E-state index is -5.14. The van der Waals surface area contributed by atoms with Crippen LogP contribution in [-0.2, 0) is 22.4 Å². The molecule has 0 aliphatic carbocycles. The molecule has 6 nitrogen and oxygen atoms in total. The van der Waals surface area contributed by atoms with E-state index < -0.39 is 38.4 Å². The third-order valence-corrected chi connectivity index (χ3v) is 7.04. The number of ether oxygens (including phenoxy) is 2. The summed E-state index contributed by atoms with van der Waals surface area (Å²) in [6.45, 7) is 0.00421. The molecule has 2 aromatic carbocycles. The first kappa shape index (κ1) is 25.0. The third-order valence-electron chi connectivity index (χ3n) is 5.17. The van der Waals surface area contributed by atoms with Crippen molar-refractivity contribution >= 4 is 15.7 Å². The predicted octanol–water partition coefficient (Wildman–Crippen LogP) is 4.25. The van der Waals surface area contributed by atoms with E-state index in [1.165, 1.54) is 14.2 Å². The van der Waals surface area contributed by atoms with Crippen LogP contribution in [0.1, 0.15) is 11.1 Å². The van der Waals surface area contributed by atoms with Gasteiger partial charge in [0, 0.05) is 32.2 Å². The van der Waals surface area contributed by atoms with Gasteiger partial charge in [-0.25, -0.2) is 8.42 Å². The standard InChI is InChI=1S/C20H20F6N2O4S/c1-31-15-3-4-17(18(12-15)32-2)27-5-7-28(8-6-27)33(29,30)16-10-13(19(21,22)23)9-14(11-16)20(24,25)26/h3-4,9-12H,5-8H2,1-2H3. The number of sulfonamides is 1. The molecule has 0 bridgehead atoms. The van der Waals surface area contributed by atoms with E-state index in [0.29, 0.717) is 17.2 Å². The van der Waals surface area contributed by atoms with Crippen LogP contribution in [0.4, 0.5) is 32.0 Å². The molecule has 1 heterocycles. The van der Waals surface area contributed by atoms with E-state index >= 15 is 0 Å². The summed E-state index contributed by atoms with van der Waals surface area (Å²) in [5, 5.41) is 0. The highest BCUT2D eigenvalue weighted by Gasteiger charge is 2.39. The molecule has 33 heavy (non-hydrogen) atoms. The SMILES string of the molecule is COc1ccc(N2CCN(S(=O)(=O)c3cc(C(F)(F)F)cc(C(F)(F)F)c3)CC2)c(OC)c1. The molecule has 0 unspecified atom stereocenters. The maximum atomic E-state index is 13.1. The predicted molar refractivity (Wildman–Crippen MR) is 107 cm³/mol. The van der Waals surface area contributed by atoms with Crippen molar-refractivity contribution in [2.24, 2.45) is 0 Å². The Morgan fingerprint density at radius 2 is 1.33 bits per heavy atom. The maximum absolute atomic E-state index is 13.1. The van der Waals surface area contributed by atoms with Crippen LogP contribution in [0.5, 0.6) is 11.5 Å². The molecular formula is C20H20F6N2O4S. The van der Waals surface area contributed by atoms with Gasteiger partial charge in [0.25, 0.3) is 0 Å². The van der Waals surface area contributed by atoms with Gasteiger partial charge in [0.2, 0.25) is 10.0 Å². The molecule has 1 fully saturated rings. The molecule has 0 aromatic heterocycles. The number of rotatable bonds is 5. The lowest BCUT2D eigenvalue weighted by Gasteiger charge is -2.36. The Balaban J connectivity index is 1.87. The third kappa shape index (κ3) is 5.29. The molecule has 0 spiro atoms. The van der Waals surface area contributed by atoms with Gasteiger partial charge < -0.3 is 14.4 Å². The summed E-state index contributed by atoms with van der Waals surface area (Å²) in [6.07, 6.45) is -10.3. The Hall–Kier alpha value is -2.67. The van der Waals surface area contributed by atoms with Crippen molar-refractivity contribution in [3.63, 3.8) is 0 Å². The van der Waals surface area contributed by atoms with E-state index in [9.17, 15) is 34.8 Å². The number of hydrogen-bond acceptors (Lipinski definition) is 5. The van der Waals surface area contributed by atoms with Gasteiger partial charge in [-0.15, -0.1) is 0 Å². The van der Waals surface area contributed by atoms with Crippen molar-refractivity contribution < 1.29 is 44.2 Å². The van der Waals surface area contributed by atoms with E-state index in [-0.39, 0.29) is 44.4 Å². The van der Waals surface area contributed by atoms with Crippen LogP contribution < -0.4 is 14.4 Å². The number of benzene rings is 2. The van der Waals surface area contributed by atoms with Gasteiger partial charge >= 0.3 is 12.4 Å². The minimum absolute atomic E-state index is 0.104. The Morgan fingerprint density at radius 1 is 0.788 bits per heavy atom. The van der Waals surface area contributed by atoms with Crippen LogP contribution in [-0.4, -0.2) is 53.1 Å². The largest absolute Gasteiger partial charge is 0.497 e. The summed E-state index contributed by atoms with van der Waals surface area (Å²) in [5.41, 5.74) is -2.72. The average Bonchev–Trinajstić information content (AvgIpc) is 2.77. The van der Waals surface area contributed by atoms with Crippen molar-refractivity contribution in [2.45, 2.75) is 17.2 Å². The number of alkyl halides is 6. The van der Waals surface area contributed by atoms with Gasteiger partial charge in [-0.2, -0.15) is 30.6 Å². The van der Waals surface area contributed by atoms with E-state index in [1.54, 1.807) is 23.1 Å². The first-order valence-corrected chi connectivity index (χ1v) is 11.0. The first-order valence-electron chi connectivity index (χ1n) is 9.54. The molecule has 13 heteroatoms. The van der Waals surface area contributed by atoms with Gasteiger partial charge in [0.15, 0.2) is 0 Å². The van der Waals surface area contributed by atoms with Crippen LogP contribution in [0.2, 0.25) is 0 Å². The summed E-state index contributed by atoms with van der Waals surface area (Å²) in [4.78, 5) is 0.748. The molecule has 0 N–H and O–H groups in total. The number of nitrogens with zero attached hydrogens (tertiary/aromatic N) is 2. The van der Waals surface area contributed by atoms with Gasteiger partial charge in [0.1, 0.15) is 11.5 Å². The number of halogens is 6. The van der Waals surface area contributed by atoms with Crippen molar-refractivity contribution in [3.8, 4) is 11.5 Å². The fourth-order valence-electron chi connectivity index (χ4n) is 3.44. The molecular weight excluding hydrogens is 478 g/mol. The summed E-state index contributed by atoms with van der Waals surface area (Å²) >= 11 is 0. The van der Waals surface area contributed by atoms with Gasteiger partial charge in [0.05, 0.1) is 35.9 Å². The summed E-state index contributed by atoms with van der Waals surface area (Å²) in [5.74, 6) is 1.01. The second-order valence-corrected chi connectivity index (χ2v) is 9.11. The highest BCUT2D eigenvalue weighted by Crippen LogP contribution is 2.38. The quantitative estimate of drug-likeness (QED) is 0.577. The maximum Gasteiger partial charge on any atom is 0.416 e. The van der Waals surface area contributed by atoms with Crippen molar-refractivity contribution in [1.82, 2.24) is 4.31 Å². The second kappa shape index (κ2) is 8.93. The molecule has 0 amide bonds. The zero-order valence-electron chi connectivity index (χ0n) is 17.5. The minimum Gasteiger partial charge on any atom is -0.497 e. The molecule has 2 aromatic rings. The molecule has 0 radical (unpaired) electrons. The molecule has 1 saturated heterocycles. The van der Waals surface area contributed by atoms with E-state index in [2.05, 4.69) is 0 Å². The summed E-state index contributed by atoms with van der Waals surface area (Å²) in [6, 6.07) is 5.38. The van der Waals surface area contributed by atoms with Gasteiger partial charge in [-0.3, -0.25) is 0 Å². The molecule has 182 valence electrons. The Bertz CT molecular complexity index is 1080. The highest BCUT2D eigenvalue weighted by molar-refractivity contribution is 7.89. The van der Waals surface area contributed by atoms with Crippen molar-refractivity contribution in [3.05, 3.63) is 47.5 Å². The van der Waals surface area contributed by atoms with Crippen LogP contribution in [0.25, 0.3) is 0 Å². The molecule has 1 aliphatic rings. The fraction of sp³-hybridized carbons (Fsp3) is 0.400. The van der Waals surface area contributed by atoms with Gasteiger partial charge in [-0.1, -0.05) is 0 Å². The monoisotopic (exact) mass is 498 g/mol. The molecule has 3 rings (SSSR count). The lowest BCUT2D eigenvalue weighted by Crippen LogP contribution is -2.48. The number of methoxy groups -OCH3 is 2. The lowest BCUT2D eigenvalue weighted by molar-refractivity contribution is -0.143. The average molecular weight is 498 g/mol. The number of anilines is 1. The normalized spacial score (nSPS) is 16.1. The molecule has 1 aliphatic heterocycles. The number of piperazine rings is 1. The van der Waals surface area contributed by atoms with Crippen LogP contribution in [0.3, 0.4) is 0 Å². The highest BCUT2D eigenvalue weighted by atomic mass is 32.2. The first-order chi connectivity index (χ1) is 15.3. The lowest BCUT2D eigenvalue weighted by atomic mass is 10.1. The van der Waals surface area contributed by atoms with Crippen LogP contribution >= 0.6 is 0 Å². The Morgan fingerprint density at radius 3 is 1.79 bits per heavy atom. The zero-order chi connectivity index (χ0) is 24.6. The summed E-state index contributed by atoms with van der Waals surface area (Å²) < 4.78 is 116. The fourth-order valence-corrected chi connectivity index (χ4v) is 4.93. The van der Waals surface area contributed by atoms with E-state index in [1.807, 2.05) is 0 Å². The van der Waals surface area contributed by atoms with Crippen LogP contribution in [0.15, 0.2) is 41.3 Å². The van der Waals surface area contributed by atoms with Crippen molar-refractivity contribution in [2.75, 3.05) is 45.3 Å². The van der Waals surface area contributed by atoms with Crippen molar-refractivity contribution in [1.29, 1.82) is 0 Å². The van der Waals surface area contributed by atoms with E-state index in [0.717, 1.165) is 4.31 Å². The number of hydrogen-bond donors (Lipinski definition) is 0. The van der Waals surface area contributed by atoms with Gasteiger partial charge in [-0.05, 0) is 30.3 Å². The molecule has 0 atom stereocenters. The second-order valence-electron chi connectivity index (χ2n) is 7.17. The zero-order valence-corrected chi connectivity index (χ0v) is 18.3. The Kier molecular flexibility index (Phi) is 6.76. The Labute approximate surface area is 186 Å².